The van der Waals surface area contributed by atoms with Crippen LogP contribution in [0.1, 0.15) is 70.3 Å². The number of hydrogen-bond acceptors (Lipinski definition) is 1. The second-order valence-corrected chi connectivity index (χ2v) is 11.4. The molecule has 2 aliphatic carbocycles. The van der Waals surface area contributed by atoms with Crippen LogP contribution < -0.4 is 4.74 Å². The zero-order valence-corrected chi connectivity index (χ0v) is 23.4. The van der Waals surface area contributed by atoms with Crippen molar-refractivity contribution in [3.8, 4) is 28.0 Å². The second-order valence-electron chi connectivity index (χ2n) is 11.4. The quantitative estimate of drug-likeness (QED) is 0.243. The maximum Gasteiger partial charge on any atom is 0.201 e. The van der Waals surface area contributed by atoms with E-state index in [0.717, 1.165) is 36.2 Å². The van der Waals surface area contributed by atoms with Crippen molar-refractivity contribution < 1.29 is 17.9 Å². The van der Waals surface area contributed by atoms with E-state index in [1.54, 1.807) is 30.3 Å². The van der Waals surface area contributed by atoms with Crippen LogP contribution in [0.2, 0.25) is 0 Å². The van der Waals surface area contributed by atoms with Crippen LogP contribution in [0.3, 0.4) is 0 Å². The fraction of sp³-hybridized carbons (Fsp3) is 0.389. The summed E-state index contributed by atoms with van der Waals surface area (Å²) in [5, 5.41) is 0. The third-order valence-electron chi connectivity index (χ3n) is 8.96. The Morgan fingerprint density at radius 3 is 2.10 bits per heavy atom. The van der Waals surface area contributed by atoms with E-state index < -0.39 is 11.6 Å². The van der Waals surface area contributed by atoms with Crippen molar-refractivity contribution in [2.75, 3.05) is 6.61 Å². The largest absolute Gasteiger partial charge is 0.486 e. The van der Waals surface area contributed by atoms with Crippen LogP contribution in [0, 0.1) is 35.2 Å². The Kier molecular flexibility index (Phi) is 9.14. The molecular formula is C36H39F3O. The van der Waals surface area contributed by atoms with Gasteiger partial charge in [-0.25, -0.2) is 8.78 Å². The molecule has 0 aromatic heterocycles. The number of benzene rings is 3. The molecule has 1 unspecified atom stereocenters. The van der Waals surface area contributed by atoms with Crippen LogP contribution in [0.15, 0.2) is 73.3 Å². The zero-order chi connectivity index (χ0) is 28.1. The van der Waals surface area contributed by atoms with Crippen LogP contribution in [0.25, 0.3) is 27.8 Å². The van der Waals surface area contributed by atoms with Gasteiger partial charge >= 0.3 is 0 Å². The summed E-state index contributed by atoms with van der Waals surface area (Å²) in [6.45, 7) is 5.90. The first-order valence-electron chi connectivity index (χ1n) is 14.8. The molecule has 0 aliphatic heterocycles. The first kappa shape index (κ1) is 28.3. The van der Waals surface area contributed by atoms with E-state index in [1.165, 1.54) is 68.7 Å². The first-order chi connectivity index (χ1) is 19.5. The van der Waals surface area contributed by atoms with Crippen LogP contribution in [-0.4, -0.2) is 6.61 Å². The van der Waals surface area contributed by atoms with E-state index in [4.69, 9.17) is 4.74 Å². The Morgan fingerprint density at radius 1 is 0.800 bits per heavy atom. The Balaban J connectivity index is 1.25. The monoisotopic (exact) mass is 544 g/mol. The van der Waals surface area contributed by atoms with Gasteiger partial charge in [0.2, 0.25) is 5.82 Å². The lowest BCUT2D eigenvalue weighted by atomic mass is 9.70. The number of rotatable bonds is 9. The minimum absolute atomic E-state index is 0.0898. The number of halogens is 3. The molecule has 4 heteroatoms. The Bertz CT molecular complexity index is 1350. The molecule has 0 heterocycles. The van der Waals surface area contributed by atoms with Gasteiger partial charge in [0.15, 0.2) is 11.6 Å². The van der Waals surface area contributed by atoms with Crippen molar-refractivity contribution >= 4 is 5.57 Å². The van der Waals surface area contributed by atoms with E-state index in [0.29, 0.717) is 16.7 Å². The summed E-state index contributed by atoms with van der Waals surface area (Å²) in [5.74, 6) is 0.114. The third-order valence-corrected chi connectivity index (χ3v) is 8.96. The van der Waals surface area contributed by atoms with Crippen molar-refractivity contribution in [2.24, 2.45) is 17.8 Å². The summed E-state index contributed by atoms with van der Waals surface area (Å²) in [4.78, 5) is 0. The average molecular weight is 545 g/mol. The molecule has 0 spiro atoms. The first-order valence-corrected chi connectivity index (χ1v) is 14.8. The molecule has 40 heavy (non-hydrogen) atoms. The van der Waals surface area contributed by atoms with E-state index in [9.17, 15) is 8.78 Å². The van der Waals surface area contributed by atoms with Gasteiger partial charge in [0.1, 0.15) is 12.4 Å². The standard InChI is InChI=1S/C36H39F3O/c1-3-5-24-6-8-25(9-7-24)26-10-12-27(13-11-26)30-18-19-31(33(37)23-30)28-14-16-29(17-15-28)32-20-21-34(40-22-4-2)36(39)35(32)38/h4,12,14-21,23-26H,2-3,5-11,13,22H2,1H3. The molecule has 0 saturated heterocycles. The molecule has 5 rings (SSSR count). The summed E-state index contributed by atoms with van der Waals surface area (Å²) in [6, 6.07) is 15.2. The van der Waals surface area contributed by atoms with Gasteiger partial charge in [-0.2, -0.15) is 4.39 Å². The van der Waals surface area contributed by atoms with Crippen LogP contribution in [0.4, 0.5) is 13.2 Å². The number of allylic oxidation sites excluding steroid dienone is 2. The molecule has 3 aromatic carbocycles. The maximum absolute atomic E-state index is 15.3. The molecule has 0 N–H and O–H groups in total. The minimum atomic E-state index is -1.03. The average Bonchev–Trinajstić information content (AvgIpc) is 2.99. The van der Waals surface area contributed by atoms with Crippen LogP contribution in [-0.2, 0) is 0 Å². The summed E-state index contributed by atoms with van der Waals surface area (Å²) in [7, 11) is 0. The molecule has 3 aromatic rings. The lowest BCUT2D eigenvalue weighted by Gasteiger charge is -2.35. The summed E-state index contributed by atoms with van der Waals surface area (Å²) >= 11 is 0. The normalized spacial score (nSPS) is 21.1. The van der Waals surface area contributed by atoms with Gasteiger partial charge in [0.05, 0.1) is 0 Å². The Morgan fingerprint density at radius 2 is 1.48 bits per heavy atom. The Labute approximate surface area is 236 Å². The molecular weight excluding hydrogens is 505 g/mol. The second kappa shape index (κ2) is 12.9. The predicted octanol–water partition coefficient (Wildman–Crippen LogP) is 10.8. The van der Waals surface area contributed by atoms with Gasteiger partial charge in [0, 0.05) is 11.1 Å². The van der Waals surface area contributed by atoms with Crippen LogP contribution >= 0.6 is 0 Å². The van der Waals surface area contributed by atoms with Gasteiger partial charge in [-0.05, 0) is 90.3 Å². The predicted molar refractivity (Wildman–Crippen MR) is 159 cm³/mol. The molecule has 0 radical (unpaired) electrons. The fourth-order valence-electron chi connectivity index (χ4n) is 6.69. The molecule has 0 bridgehead atoms. The smallest absolute Gasteiger partial charge is 0.201 e. The van der Waals surface area contributed by atoms with E-state index in [1.807, 2.05) is 12.1 Å². The highest BCUT2D eigenvalue weighted by molar-refractivity contribution is 5.74. The highest BCUT2D eigenvalue weighted by Gasteiger charge is 2.28. The molecule has 1 fully saturated rings. The SMILES string of the molecule is C=CCOc1ccc(-c2ccc(-c3ccc(C4=CCC(C5CCC(CCC)CC5)CC4)cc3F)cc2)c(F)c1F. The van der Waals surface area contributed by atoms with Crippen molar-refractivity contribution in [1.29, 1.82) is 0 Å². The molecule has 1 saturated carbocycles. The third kappa shape index (κ3) is 6.22. The maximum atomic E-state index is 15.3. The topological polar surface area (TPSA) is 9.23 Å². The number of ether oxygens (including phenoxy) is 1. The highest BCUT2D eigenvalue weighted by Crippen LogP contribution is 2.42. The molecule has 1 nitrogen and oxygen atoms in total. The van der Waals surface area contributed by atoms with E-state index in [2.05, 4.69) is 19.6 Å². The molecule has 210 valence electrons. The van der Waals surface area contributed by atoms with E-state index in [-0.39, 0.29) is 23.7 Å². The lowest BCUT2D eigenvalue weighted by molar-refractivity contribution is 0.189. The fourth-order valence-corrected chi connectivity index (χ4v) is 6.69. The van der Waals surface area contributed by atoms with Gasteiger partial charge < -0.3 is 4.74 Å². The van der Waals surface area contributed by atoms with Crippen molar-refractivity contribution in [3.63, 3.8) is 0 Å². The van der Waals surface area contributed by atoms with Gasteiger partial charge in [-0.15, -0.1) is 0 Å². The van der Waals surface area contributed by atoms with Gasteiger partial charge in [-0.1, -0.05) is 87.7 Å². The molecule has 1 atom stereocenters. The summed E-state index contributed by atoms with van der Waals surface area (Å²) in [5.41, 5.74) is 4.02. The van der Waals surface area contributed by atoms with Gasteiger partial charge in [-0.3, -0.25) is 0 Å². The Hall–Kier alpha value is -3.27. The summed E-state index contributed by atoms with van der Waals surface area (Å²) in [6.07, 6.45) is 15.3. The minimum Gasteiger partial charge on any atom is -0.486 e. The van der Waals surface area contributed by atoms with Crippen molar-refractivity contribution in [1.82, 2.24) is 0 Å². The highest BCUT2D eigenvalue weighted by atomic mass is 19.2. The van der Waals surface area contributed by atoms with Crippen LogP contribution in [0.5, 0.6) is 5.75 Å². The lowest BCUT2D eigenvalue weighted by Crippen LogP contribution is -2.23. The summed E-state index contributed by atoms with van der Waals surface area (Å²) < 4.78 is 49.6. The van der Waals surface area contributed by atoms with Crippen molar-refractivity contribution in [2.45, 2.75) is 64.7 Å². The van der Waals surface area contributed by atoms with Gasteiger partial charge in [0.25, 0.3) is 0 Å². The van der Waals surface area contributed by atoms with Crippen molar-refractivity contribution in [3.05, 3.63) is 96.3 Å². The zero-order valence-electron chi connectivity index (χ0n) is 23.4. The molecule has 0 amide bonds. The molecule has 2 aliphatic rings. The number of hydrogen-bond donors (Lipinski definition) is 0. The van der Waals surface area contributed by atoms with E-state index >= 15 is 4.39 Å².